The molecule has 8 nitrogen and oxygen atoms in total. The van der Waals surface area contributed by atoms with E-state index < -0.39 is 0 Å². The van der Waals surface area contributed by atoms with Gasteiger partial charge in [0.2, 0.25) is 0 Å². The number of benzene rings is 6. The Kier molecular flexibility index (Phi) is 12.1. The van der Waals surface area contributed by atoms with Crippen molar-refractivity contribution in [1.29, 1.82) is 0 Å². The molecule has 1 N–H and O–H groups in total. The Hall–Kier alpha value is -8.83. The minimum Gasteiger partial charge on any atom is -0.479 e. The van der Waals surface area contributed by atoms with Gasteiger partial charge in [0.1, 0.15) is 23.0 Å². The molecule has 0 aliphatic carbocycles. The predicted molar refractivity (Wildman–Crippen MR) is 284 cm³/mol. The summed E-state index contributed by atoms with van der Waals surface area (Å²) in [5.74, 6) is 3.83. The Morgan fingerprint density at radius 1 is 0.348 bits per heavy atom. The zero-order valence-corrected chi connectivity index (χ0v) is 38.5. The van der Waals surface area contributed by atoms with Gasteiger partial charge in [-0.1, -0.05) is 72.8 Å². The summed E-state index contributed by atoms with van der Waals surface area (Å²) in [7, 11) is 0. The number of aromatic nitrogens is 3. The van der Waals surface area contributed by atoms with Gasteiger partial charge in [-0.25, -0.2) is 4.98 Å². The van der Waals surface area contributed by atoms with Crippen molar-refractivity contribution in [2.75, 3.05) is 9.80 Å². The average molecular weight is 932 g/mol. The highest BCUT2D eigenvalue weighted by molar-refractivity contribution is 7.16. The molecule has 5 aromatic heterocycles. The van der Waals surface area contributed by atoms with Crippen LogP contribution in [-0.2, 0) is 0 Å². The Morgan fingerprint density at radius 2 is 0.696 bits per heavy atom. The van der Waals surface area contributed by atoms with Gasteiger partial charge in [0.05, 0.1) is 9.75 Å². The number of furan rings is 2. The van der Waals surface area contributed by atoms with Gasteiger partial charge in [-0.15, -0.1) is 22.7 Å². The van der Waals surface area contributed by atoms with E-state index in [1.165, 1.54) is 22.7 Å². The van der Waals surface area contributed by atoms with Gasteiger partial charge >= 0.3 is 6.01 Å². The molecule has 0 aliphatic rings. The van der Waals surface area contributed by atoms with E-state index in [0.29, 0.717) is 11.6 Å². The van der Waals surface area contributed by atoms with Crippen molar-refractivity contribution < 1.29 is 13.9 Å². The minimum atomic E-state index is -0.334. The zero-order valence-electron chi connectivity index (χ0n) is 36.9. The molecule has 10 heteroatoms. The van der Waals surface area contributed by atoms with Crippen molar-refractivity contribution in [3.05, 3.63) is 240 Å². The lowest BCUT2D eigenvalue weighted by Crippen LogP contribution is -2.09. The van der Waals surface area contributed by atoms with Crippen LogP contribution in [-0.4, -0.2) is 20.1 Å². The maximum absolute atomic E-state index is 10.6. The van der Waals surface area contributed by atoms with Crippen molar-refractivity contribution in [3.8, 4) is 50.1 Å². The highest BCUT2D eigenvalue weighted by atomic mass is 32.1. The van der Waals surface area contributed by atoms with Gasteiger partial charge in [0.15, 0.2) is 11.6 Å². The van der Waals surface area contributed by atoms with E-state index >= 15 is 0 Å². The van der Waals surface area contributed by atoms with Gasteiger partial charge in [0, 0.05) is 55.0 Å². The van der Waals surface area contributed by atoms with Crippen molar-refractivity contribution in [3.63, 3.8) is 0 Å². The number of para-hydroxylation sites is 4. The molecule has 332 valence electrons. The molecule has 11 aromatic rings. The van der Waals surface area contributed by atoms with Crippen molar-refractivity contribution in [2.45, 2.75) is 0 Å². The zero-order chi connectivity index (χ0) is 46.4. The van der Waals surface area contributed by atoms with Crippen LogP contribution in [0.15, 0.2) is 227 Å². The van der Waals surface area contributed by atoms with Crippen molar-refractivity contribution >= 4 is 81.1 Å². The summed E-state index contributed by atoms with van der Waals surface area (Å²) in [5.41, 5.74) is 8.42. The van der Waals surface area contributed by atoms with Crippen molar-refractivity contribution in [2.24, 2.45) is 0 Å². The number of thiophene rings is 2. The molecule has 6 aromatic carbocycles. The first-order chi connectivity index (χ1) is 34.1. The molecule has 0 spiro atoms. The fourth-order valence-electron chi connectivity index (χ4n) is 7.99. The molecule has 0 atom stereocenters. The summed E-state index contributed by atoms with van der Waals surface area (Å²) in [6.07, 6.45) is 7.90. The molecule has 11 rings (SSSR count). The second kappa shape index (κ2) is 19.6. The Balaban J connectivity index is 0.737. The quantitative estimate of drug-likeness (QED) is 0.115. The third-order valence-electron chi connectivity index (χ3n) is 11.3. The first-order valence-electron chi connectivity index (χ1n) is 22.3. The summed E-state index contributed by atoms with van der Waals surface area (Å²) in [6, 6.07) is 73.7. The number of hydrogen-bond donors (Lipinski definition) is 1. The van der Waals surface area contributed by atoms with E-state index in [-0.39, 0.29) is 6.01 Å². The molecule has 0 saturated carbocycles. The van der Waals surface area contributed by atoms with Crippen LogP contribution in [0.25, 0.3) is 68.4 Å². The topological polar surface area (TPSA) is 91.7 Å². The van der Waals surface area contributed by atoms with Crippen LogP contribution in [0.4, 0.5) is 34.1 Å². The Morgan fingerprint density at radius 3 is 1.06 bits per heavy atom. The average Bonchev–Trinajstić information content (AvgIpc) is 4.26. The molecule has 0 aliphatic heterocycles. The van der Waals surface area contributed by atoms with Gasteiger partial charge < -0.3 is 23.7 Å². The molecular weight excluding hydrogens is 891 g/mol. The van der Waals surface area contributed by atoms with E-state index in [1.807, 2.05) is 97.1 Å². The number of rotatable bonds is 14. The Bertz CT molecular complexity index is 3200. The number of aromatic hydroxyl groups is 1. The van der Waals surface area contributed by atoms with Crippen LogP contribution < -0.4 is 9.80 Å². The van der Waals surface area contributed by atoms with Gasteiger partial charge in [-0.3, -0.25) is 0 Å². The van der Waals surface area contributed by atoms with Gasteiger partial charge in [-0.05, 0) is 170 Å². The van der Waals surface area contributed by atoms with Crippen LogP contribution in [0, 0.1) is 0 Å². The molecule has 0 unspecified atom stereocenters. The second-order valence-electron chi connectivity index (χ2n) is 15.9. The standard InChI is InChI=1S/C59H41N5O3S2/c65-59-61-57(55-39-35-51(68-55)33-29-49-31-37-53(66-49)41-21-25-47(26-22-41)63(43-13-5-1-6-14-43)44-15-7-2-8-16-44)60-58(62-59)56-40-36-52(69-56)34-30-50-32-38-54(67-50)42-23-27-48(28-24-42)64(45-17-9-3-10-18-45)46-19-11-4-12-20-46/h1-40H,(H,60,61,62,65)/b33-29+,34-30+. The molecule has 0 amide bonds. The fraction of sp³-hybridized carbons (Fsp3) is 0. The molecule has 0 fully saturated rings. The van der Waals surface area contributed by atoms with Crippen LogP contribution in [0.5, 0.6) is 6.01 Å². The van der Waals surface area contributed by atoms with Crippen LogP contribution in [0.1, 0.15) is 21.3 Å². The summed E-state index contributed by atoms with van der Waals surface area (Å²) in [4.78, 5) is 21.3. The number of hydrogen-bond acceptors (Lipinski definition) is 10. The van der Waals surface area contributed by atoms with Crippen LogP contribution in [0.2, 0.25) is 0 Å². The molecule has 0 radical (unpaired) electrons. The van der Waals surface area contributed by atoms with E-state index in [4.69, 9.17) is 13.8 Å². The van der Waals surface area contributed by atoms with Crippen LogP contribution in [0.3, 0.4) is 0 Å². The monoisotopic (exact) mass is 931 g/mol. The molecular formula is C59H41N5O3S2. The SMILES string of the molecule is Oc1nc(-c2ccc(/C=C/c3ccc(-c4ccc(N(c5ccccc5)c5ccccc5)cc4)o3)s2)nc(-c2ccc(/C=C/c3ccc(-c4ccc(N(c5ccccc5)c5ccccc5)cc4)o3)s2)n1. The summed E-state index contributed by atoms with van der Waals surface area (Å²) in [6.45, 7) is 0. The summed E-state index contributed by atoms with van der Waals surface area (Å²) < 4.78 is 12.5. The maximum Gasteiger partial charge on any atom is 0.318 e. The van der Waals surface area contributed by atoms with Gasteiger partial charge in [-0.2, -0.15) is 9.97 Å². The molecule has 69 heavy (non-hydrogen) atoms. The molecule has 0 saturated heterocycles. The van der Waals surface area contributed by atoms with Crippen molar-refractivity contribution in [1.82, 2.24) is 15.0 Å². The van der Waals surface area contributed by atoms with Gasteiger partial charge in [0.25, 0.3) is 0 Å². The van der Waals surface area contributed by atoms with E-state index in [9.17, 15) is 5.11 Å². The van der Waals surface area contributed by atoms with E-state index in [1.54, 1.807) is 0 Å². The summed E-state index contributed by atoms with van der Waals surface area (Å²) >= 11 is 3.03. The van der Waals surface area contributed by atoms with E-state index in [2.05, 4.69) is 165 Å². The lowest BCUT2D eigenvalue weighted by molar-refractivity contribution is 0.430. The number of anilines is 6. The van der Waals surface area contributed by atoms with E-state index in [0.717, 1.165) is 87.8 Å². The first-order valence-corrected chi connectivity index (χ1v) is 23.9. The molecule has 5 heterocycles. The number of nitrogens with zero attached hydrogens (tertiary/aromatic N) is 5. The third-order valence-corrected chi connectivity index (χ3v) is 13.4. The summed E-state index contributed by atoms with van der Waals surface area (Å²) in [5, 5.41) is 10.6. The third kappa shape index (κ3) is 9.70. The normalized spacial score (nSPS) is 11.4. The highest BCUT2D eigenvalue weighted by Crippen LogP contribution is 2.38. The molecule has 0 bridgehead atoms. The first kappa shape index (κ1) is 42.8. The Labute approximate surface area is 407 Å². The minimum absolute atomic E-state index is 0.334. The largest absolute Gasteiger partial charge is 0.479 e. The predicted octanol–water partition coefficient (Wildman–Crippen LogP) is 16.8. The lowest BCUT2D eigenvalue weighted by Gasteiger charge is -2.25. The highest BCUT2D eigenvalue weighted by Gasteiger charge is 2.16. The maximum atomic E-state index is 10.6. The second-order valence-corrected chi connectivity index (χ2v) is 18.1. The van der Waals surface area contributed by atoms with Crippen LogP contribution >= 0.6 is 22.7 Å². The fourth-order valence-corrected chi connectivity index (χ4v) is 9.68. The smallest absolute Gasteiger partial charge is 0.318 e. The lowest BCUT2D eigenvalue weighted by atomic mass is 10.1.